The second kappa shape index (κ2) is 80.6. The molecule has 0 saturated heterocycles. The first-order valence-corrected chi connectivity index (χ1v) is 41.5. The SMILES string of the molecule is CC/C=C\C/C=C\C/C=C\C/C=C\C/C=C\C/C=C\C/C=C\C/C=C\C/C=C\C/C=C\C/C=C\CCCCCCCC(=O)OC(COC(=O)CCCCCCCCCCCCCCCCCCCCCCCCCCC/C=C\C/C=C\CCCCCCC)COP(=O)(O)OCCN. The zero-order chi connectivity index (χ0) is 70.0. The number of hydrogen-bond donors (Lipinski definition) is 2. The number of ether oxygens (including phenoxy) is 2. The van der Waals surface area contributed by atoms with Gasteiger partial charge in [-0.1, -0.05) is 364 Å². The average Bonchev–Trinajstić information content (AvgIpc) is 2.88. The van der Waals surface area contributed by atoms with Crippen molar-refractivity contribution in [2.75, 3.05) is 26.4 Å². The van der Waals surface area contributed by atoms with Crippen molar-refractivity contribution >= 4 is 19.8 Å². The number of phosphoric acid groups is 1. The lowest BCUT2D eigenvalue weighted by Crippen LogP contribution is -2.29. The molecule has 2 atom stereocenters. The van der Waals surface area contributed by atoms with Crippen LogP contribution in [0.15, 0.2) is 158 Å². The number of carbonyl (C=O) groups excluding carboxylic acids is 2. The van der Waals surface area contributed by atoms with Gasteiger partial charge in [-0.2, -0.15) is 0 Å². The first-order valence-electron chi connectivity index (χ1n) is 40.0. The van der Waals surface area contributed by atoms with E-state index in [-0.39, 0.29) is 38.6 Å². The van der Waals surface area contributed by atoms with Gasteiger partial charge in [0.1, 0.15) is 6.61 Å². The van der Waals surface area contributed by atoms with E-state index < -0.39 is 26.5 Å². The zero-order valence-corrected chi connectivity index (χ0v) is 63.4. The summed E-state index contributed by atoms with van der Waals surface area (Å²) in [5.41, 5.74) is 5.41. The van der Waals surface area contributed by atoms with Crippen LogP contribution in [0, 0.1) is 0 Å². The Labute approximate surface area is 598 Å². The van der Waals surface area contributed by atoms with Crippen LogP contribution in [0.3, 0.4) is 0 Å². The second-order valence-corrected chi connectivity index (χ2v) is 27.7. The molecule has 0 aliphatic carbocycles. The first-order chi connectivity index (χ1) is 47.8. The minimum absolute atomic E-state index is 0.0438. The molecular formula is C87H148NO8P. The van der Waals surface area contributed by atoms with E-state index in [2.05, 4.69) is 172 Å². The Morgan fingerprint density at radius 3 is 0.845 bits per heavy atom. The number of rotatable bonds is 74. The van der Waals surface area contributed by atoms with Crippen molar-refractivity contribution in [1.82, 2.24) is 0 Å². The number of unbranched alkanes of at least 4 members (excludes halogenated alkanes) is 35. The predicted molar refractivity (Wildman–Crippen MR) is 422 cm³/mol. The highest BCUT2D eigenvalue weighted by atomic mass is 31.2. The van der Waals surface area contributed by atoms with E-state index in [1.54, 1.807) is 0 Å². The maximum Gasteiger partial charge on any atom is 0.472 e. The molecule has 2 unspecified atom stereocenters. The Morgan fingerprint density at radius 1 is 0.320 bits per heavy atom. The van der Waals surface area contributed by atoms with E-state index in [1.807, 2.05) is 0 Å². The van der Waals surface area contributed by atoms with Crippen LogP contribution < -0.4 is 5.73 Å². The van der Waals surface area contributed by atoms with Gasteiger partial charge in [-0.25, -0.2) is 4.57 Å². The van der Waals surface area contributed by atoms with Crippen molar-refractivity contribution in [2.24, 2.45) is 5.73 Å². The summed E-state index contributed by atoms with van der Waals surface area (Å²) >= 11 is 0. The van der Waals surface area contributed by atoms with E-state index in [0.717, 1.165) is 128 Å². The van der Waals surface area contributed by atoms with Gasteiger partial charge in [-0.05, 0) is 128 Å². The van der Waals surface area contributed by atoms with Crippen molar-refractivity contribution in [3.8, 4) is 0 Å². The van der Waals surface area contributed by atoms with Gasteiger partial charge in [-0.15, -0.1) is 0 Å². The lowest BCUT2D eigenvalue weighted by molar-refractivity contribution is -0.161. The molecule has 0 saturated carbocycles. The van der Waals surface area contributed by atoms with Gasteiger partial charge < -0.3 is 20.1 Å². The van der Waals surface area contributed by atoms with Gasteiger partial charge in [0.15, 0.2) is 6.10 Å². The van der Waals surface area contributed by atoms with Crippen molar-refractivity contribution in [2.45, 2.75) is 354 Å². The molecular weight excluding hydrogens is 1220 g/mol. The lowest BCUT2D eigenvalue weighted by Gasteiger charge is -2.19. The van der Waals surface area contributed by atoms with Crippen LogP contribution in [-0.4, -0.2) is 49.3 Å². The molecule has 0 aliphatic heterocycles. The van der Waals surface area contributed by atoms with Crippen LogP contribution in [0.25, 0.3) is 0 Å². The Bertz CT molecular complexity index is 2160. The van der Waals surface area contributed by atoms with Crippen LogP contribution in [0.2, 0.25) is 0 Å². The number of hydrogen-bond acceptors (Lipinski definition) is 8. The molecule has 0 aliphatic rings. The molecule has 0 rings (SSSR count). The molecule has 0 bridgehead atoms. The molecule has 9 nitrogen and oxygen atoms in total. The summed E-state index contributed by atoms with van der Waals surface area (Å²) < 4.78 is 33.2. The third-order valence-corrected chi connectivity index (χ3v) is 17.9. The van der Waals surface area contributed by atoms with Gasteiger partial charge in [-0.3, -0.25) is 18.6 Å². The van der Waals surface area contributed by atoms with Crippen molar-refractivity contribution in [3.63, 3.8) is 0 Å². The van der Waals surface area contributed by atoms with Gasteiger partial charge in [0.25, 0.3) is 0 Å². The minimum Gasteiger partial charge on any atom is -0.462 e. The highest BCUT2D eigenvalue weighted by molar-refractivity contribution is 7.47. The van der Waals surface area contributed by atoms with E-state index in [4.69, 9.17) is 24.3 Å². The second-order valence-electron chi connectivity index (χ2n) is 26.2. The molecule has 10 heteroatoms. The summed E-state index contributed by atoms with van der Waals surface area (Å²) in [6.45, 7) is 3.62. The quantitative estimate of drug-likeness (QED) is 0.0264. The third-order valence-electron chi connectivity index (χ3n) is 16.9. The van der Waals surface area contributed by atoms with Crippen LogP contribution >= 0.6 is 7.82 Å². The Morgan fingerprint density at radius 2 is 0.567 bits per heavy atom. The van der Waals surface area contributed by atoms with Crippen molar-refractivity contribution < 1.29 is 37.6 Å². The fourth-order valence-electron chi connectivity index (χ4n) is 11.0. The molecule has 0 spiro atoms. The number of carbonyl (C=O) groups is 2. The summed E-state index contributed by atoms with van der Waals surface area (Å²) in [6, 6.07) is 0. The molecule has 0 amide bonds. The van der Waals surface area contributed by atoms with E-state index >= 15 is 0 Å². The standard InChI is InChI=1S/C87H148NO8P/c1-3-5-7-9-11-13-15-17-19-21-23-25-27-29-31-33-35-37-39-41-42-44-46-48-50-52-54-56-58-60-62-64-66-68-70-72-74-76-78-80-87(90)96-85(84-95-97(91,92)94-82-81-88)83-93-86(89)79-77-75-73-71-69-67-65-63-61-59-57-55-53-51-49-47-45-43-40-38-36-34-32-30-28-26-24-22-20-18-16-14-12-10-8-6-4-2/h5,7,11,13,16-19,22-25,29,31,35,37,41-42,46,48,52,54,58,60,64,66,85H,3-4,6,8-10,12,14-15,20-21,26-28,30,32-34,36,38-40,43-45,47,49-51,53,55-57,59,61-63,65,67-84,88H2,1-2H3,(H,91,92)/b7-5-,13-11-,18-16-,19-17-,24-22-,25-23-,31-29-,37-35-,42-41-,48-46-,54-52-,60-58-,66-64-. The smallest absolute Gasteiger partial charge is 0.462 e. The molecule has 0 fully saturated rings. The molecule has 0 aromatic rings. The Hall–Kier alpha value is -4.37. The highest BCUT2D eigenvalue weighted by Crippen LogP contribution is 2.43. The average molecular weight is 1370 g/mol. The van der Waals surface area contributed by atoms with Gasteiger partial charge in [0.05, 0.1) is 13.2 Å². The molecule has 0 heterocycles. The van der Waals surface area contributed by atoms with Gasteiger partial charge in [0, 0.05) is 19.4 Å². The van der Waals surface area contributed by atoms with Crippen molar-refractivity contribution in [3.05, 3.63) is 158 Å². The summed E-state index contributed by atoms with van der Waals surface area (Å²) in [4.78, 5) is 35.5. The van der Waals surface area contributed by atoms with Gasteiger partial charge in [0.2, 0.25) is 0 Å². The summed E-state index contributed by atoms with van der Waals surface area (Å²) in [5, 5.41) is 0. The number of phosphoric ester groups is 1. The molecule has 3 N–H and O–H groups in total. The van der Waals surface area contributed by atoms with Crippen LogP contribution in [0.4, 0.5) is 0 Å². The Kier molecular flexibility index (Phi) is 77.0. The molecule has 0 aromatic carbocycles. The first kappa shape index (κ1) is 92.6. The fraction of sp³-hybridized carbons (Fsp3) is 0.678. The third kappa shape index (κ3) is 80.5. The summed E-state index contributed by atoms with van der Waals surface area (Å²) in [7, 11) is -4.41. The highest BCUT2D eigenvalue weighted by Gasteiger charge is 2.26. The number of esters is 2. The largest absolute Gasteiger partial charge is 0.472 e. The van der Waals surface area contributed by atoms with Crippen LogP contribution in [0.5, 0.6) is 0 Å². The maximum atomic E-state index is 12.8. The zero-order valence-electron chi connectivity index (χ0n) is 62.5. The minimum atomic E-state index is -4.41. The van der Waals surface area contributed by atoms with E-state index in [1.165, 1.54) is 186 Å². The fourth-order valence-corrected chi connectivity index (χ4v) is 11.8. The molecule has 0 radical (unpaired) electrons. The molecule has 554 valence electrons. The molecule has 0 aromatic heterocycles. The number of nitrogens with two attached hydrogens (primary N) is 1. The maximum absolute atomic E-state index is 12.8. The van der Waals surface area contributed by atoms with Crippen molar-refractivity contribution in [1.29, 1.82) is 0 Å². The lowest BCUT2D eigenvalue weighted by atomic mass is 10.0. The normalized spacial score (nSPS) is 13.7. The summed E-state index contributed by atoms with van der Waals surface area (Å²) in [5.74, 6) is -0.847. The predicted octanol–water partition coefficient (Wildman–Crippen LogP) is 27.1. The van der Waals surface area contributed by atoms with Gasteiger partial charge >= 0.3 is 19.8 Å². The van der Waals surface area contributed by atoms with E-state index in [9.17, 15) is 19.0 Å². The topological polar surface area (TPSA) is 134 Å². The van der Waals surface area contributed by atoms with E-state index in [0.29, 0.717) is 6.42 Å². The monoisotopic (exact) mass is 1370 g/mol. The van der Waals surface area contributed by atoms with Crippen LogP contribution in [-0.2, 0) is 32.7 Å². The van der Waals surface area contributed by atoms with Crippen LogP contribution in [0.1, 0.15) is 348 Å². The number of allylic oxidation sites excluding steroid dienone is 26. The Balaban J connectivity index is 3.90. The molecule has 97 heavy (non-hydrogen) atoms. The summed E-state index contributed by atoms with van der Waals surface area (Å²) in [6.07, 6.45) is 118.